The molecule has 14 heavy (non-hydrogen) atoms. The van der Waals surface area contributed by atoms with Gasteiger partial charge in [0.05, 0.1) is 9.70 Å². The van der Waals surface area contributed by atoms with Gasteiger partial charge in [-0.3, -0.25) is 4.79 Å². The molecule has 0 amide bonds. The molecule has 0 saturated carbocycles. The van der Waals surface area contributed by atoms with E-state index >= 15 is 0 Å². The maximum absolute atomic E-state index is 11.8. The number of halogens is 1. The Morgan fingerprint density at radius 3 is 2.71 bits per heavy atom. The van der Waals surface area contributed by atoms with E-state index in [9.17, 15) is 4.79 Å². The number of aryl methyl sites for hydroxylation is 1. The van der Waals surface area contributed by atoms with E-state index < -0.39 is 0 Å². The van der Waals surface area contributed by atoms with Crippen LogP contribution in [0, 0.1) is 0 Å². The van der Waals surface area contributed by atoms with Gasteiger partial charge in [-0.15, -0.1) is 11.3 Å². The van der Waals surface area contributed by atoms with Crippen LogP contribution in [0.1, 0.15) is 41.2 Å². The molecule has 0 saturated heterocycles. The first kappa shape index (κ1) is 11.9. The summed E-state index contributed by atoms with van der Waals surface area (Å²) in [7, 11) is 0. The zero-order valence-electron chi connectivity index (χ0n) is 8.55. The van der Waals surface area contributed by atoms with E-state index in [4.69, 9.17) is 0 Å². The molecule has 0 aliphatic rings. The van der Waals surface area contributed by atoms with Gasteiger partial charge in [0.25, 0.3) is 0 Å². The molecule has 0 spiro atoms. The molecule has 0 bridgehead atoms. The van der Waals surface area contributed by atoms with Gasteiger partial charge in [0.2, 0.25) is 0 Å². The standard InChI is InChI=1S/C11H15BrOS/c1-3-5-9(12)11(13)10-7-6-8(4-2)14-10/h6-7,9H,3-5H2,1-2H3. The predicted molar refractivity (Wildman–Crippen MR) is 65.7 cm³/mol. The maximum atomic E-state index is 11.8. The normalized spacial score (nSPS) is 12.8. The Hall–Kier alpha value is -0.150. The second kappa shape index (κ2) is 5.66. The number of thiophene rings is 1. The van der Waals surface area contributed by atoms with Crippen LogP contribution in [0.2, 0.25) is 0 Å². The molecule has 3 heteroatoms. The van der Waals surface area contributed by atoms with E-state index in [-0.39, 0.29) is 10.6 Å². The molecule has 1 aromatic heterocycles. The molecule has 0 N–H and O–H groups in total. The molecule has 0 radical (unpaired) electrons. The highest BCUT2D eigenvalue weighted by Crippen LogP contribution is 2.22. The number of Topliss-reactive ketones (excluding diaryl/α,β-unsaturated/α-hetero) is 1. The van der Waals surface area contributed by atoms with Crippen LogP contribution in [-0.2, 0) is 6.42 Å². The highest BCUT2D eigenvalue weighted by molar-refractivity contribution is 9.10. The summed E-state index contributed by atoms with van der Waals surface area (Å²) in [6.07, 6.45) is 2.96. The monoisotopic (exact) mass is 274 g/mol. The number of hydrogen-bond acceptors (Lipinski definition) is 2. The van der Waals surface area contributed by atoms with Crippen LogP contribution in [0.25, 0.3) is 0 Å². The number of rotatable bonds is 5. The number of ketones is 1. The van der Waals surface area contributed by atoms with Crippen LogP contribution in [-0.4, -0.2) is 10.6 Å². The zero-order chi connectivity index (χ0) is 10.6. The van der Waals surface area contributed by atoms with Gasteiger partial charge in [-0.05, 0) is 25.0 Å². The van der Waals surface area contributed by atoms with Gasteiger partial charge in [0.15, 0.2) is 5.78 Å². The minimum Gasteiger partial charge on any atom is -0.292 e. The number of hydrogen-bond donors (Lipinski definition) is 0. The van der Waals surface area contributed by atoms with Crippen LogP contribution in [0.4, 0.5) is 0 Å². The zero-order valence-corrected chi connectivity index (χ0v) is 11.0. The minimum atomic E-state index is -0.00384. The fourth-order valence-corrected chi connectivity index (χ4v) is 3.04. The molecule has 1 unspecified atom stereocenters. The van der Waals surface area contributed by atoms with Crippen molar-refractivity contribution in [3.8, 4) is 0 Å². The van der Waals surface area contributed by atoms with Crippen LogP contribution in [0.3, 0.4) is 0 Å². The largest absolute Gasteiger partial charge is 0.292 e. The molecule has 1 rings (SSSR count). The smallest absolute Gasteiger partial charge is 0.186 e. The summed E-state index contributed by atoms with van der Waals surface area (Å²) < 4.78 is 0. The Labute approximate surface area is 97.7 Å². The lowest BCUT2D eigenvalue weighted by molar-refractivity contribution is 0.0992. The van der Waals surface area contributed by atoms with E-state index in [1.165, 1.54) is 4.88 Å². The van der Waals surface area contributed by atoms with Gasteiger partial charge in [-0.1, -0.05) is 36.2 Å². The first-order valence-corrected chi connectivity index (χ1v) is 6.69. The van der Waals surface area contributed by atoms with Crippen molar-refractivity contribution >= 4 is 33.0 Å². The van der Waals surface area contributed by atoms with Crippen molar-refractivity contribution in [2.24, 2.45) is 0 Å². The van der Waals surface area contributed by atoms with Gasteiger partial charge in [0.1, 0.15) is 0 Å². The molecule has 1 heterocycles. The summed E-state index contributed by atoms with van der Waals surface area (Å²) in [6, 6.07) is 3.99. The molecule has 0 fully saturated rings. The summed E-state index contributed by atoms with van der Waals surface area (Å²) in [5.74, 6) is 0.233. The Morgan fingerprint density at radius 2 is 2.21 bits per heavy atom. The average molecular weight is 275 g/mol. The maximum Gasteiger partial charge on any atom is 0.186 e. The van der Waals surface area contributed by atoms with Crippen molar-refractivity contribution in [1.29, 1.82) is 0 Å². The Bertz CT molecular complexity index is 306. The first-order valence-electron chi connectivity index (χ1n) is 4.96. The molecule has 0 aliphatic carbocycles. The van der Waals surface area contributed by atoms with Gasteiger partial charge < -0.3 is 0 Å². The van der Waals surface area contributed by atoms with Gasteiger partial charge in [-0.25, -0.2) is 0 Å². The van der Waals surface area contributed by atoms with Gasteiger partial charge in [-0.2, -0.15) is 0 Å². The lowest BCUT2D eigenvalue weighted by Crippen LogP contribution is -2.12. The van der Waals surface area contributed by atoms with E-state index in [0.29, 0.717) is 0 Å². The van der Waals surface area contributed by atoms with E-state index in [0.717, 1.165) is 24.1 Å². The first-order chi connectivity index (χ1) is 6.69. The molecule has 1 atom stereocenters. The van der Waals surface area contributed by atoms with E-state index in [1.807, 2.05) is 12.1 Å². The van der Waals surface area contributed by atoms with E-state index in [1.54, 1.807) is 11.3 Å². The van der Waals surface area contributed by atoms with Crippen molar-refractivity contribution in [1.82, 2.24) is 0 Å². The Balaban J connectivity index is 2.68. The van der Waals surface area contributed by atoms with Crippen molar-refractivity contribution in [3.05, 3.63) is 21.9 Å². The van der Waals surface area contributed by atoms with Crippen LogP contribution in [0.15, 0.2) is 12.1 Å². The molecule has 0 aromatic carbocycles. The molecule has 1 nitrogen and oxygen atoms in total. The fourth-order valence-electron chi connectivity index (χ4n) is 1.24. The SMILES string of the molecule is CCCC(Br)C(=O)c1ccc(CC)s1. The Kier molecular flexibility index (Phi) is 4.82. The van der Waals surface area contributed by atoms with Gasteiger partial charge in [0, 0.05) is 4.88 Å². The van der Waals surface area contributed by atoms with Crippen molar-refractivity contribution < 1.29 is 4.79 Å². The molecular weight excluding hydrogens is 260 g/mol. The fraction of sp³-hybridized carbons (Fsp3) is 0.545. The lowest BCUT2D eigenvalue weighted by Gasteiger charge is -2.04. The third-order valence-corrected chi connectivity index (χ3v) is 4.20. The third-order valence-electron chi connectivity index (χ3n) is 2.08. The van der Waals surface area contributed by atoms with Crippen molar-refractivity contribution in [3.63, 3.8) is 0 Å². The number of alkyl halides is 1. The molecule has 1 aromatic rings. The highest BCUT2D eigenvalue weighted by atomic mass is 79.9. The average Bonchev–Trinajstić information content (AvgIpc) is 2.65. The molecular formula is C11H15BrOS. The van der Waals surface area contributed by atoms with Crippen LogP contribution < -0.4 is 0 Å². The van der Waals surface area contributed by atoms with E-state index in [2.05, 4.69) is 29.8 Å². The minimum absolute atomic E-state index is 0.00384. The summed E-state index contributed by atoms with van der Waals surface area (Å²) >= 11 is 5.04. The summed E-state index contributed by atoms with van der Waals surface area (Å²) in [5, 5.41) is 0. The van der Waals surface area contributed by atoms with Crippen LogP contribution in [0.5, 0.6) is 0 Å². The van der Waals surface area contributed by atoms with Crippen LogP contribution >= 0.6 is 27.3 Å². The topological polar surface area (TPSA) is 17.1 Å². The summed E-state index contributed by atoms with van der Waals surface area (Å²) in [5.41, 5.74) is 0. The number of carbonyl (C=O) groups is 1. The second-order valence-corrected chi connectivity index (χ2v) is 5.51. The predicted octanol–water partition coefficient (Wildman–Crippen LogP) is 4.06. The van der Waals surface area contributed by atoms with Gasteiger partial charge >= 0.3 is 0 Å². The molecule has 0 aliphatic heterocycles. The quantitative estimate of drug-likeness (QED) is 0.585. The highest BCUT2D eigenvalue weighted by Gasteiger charge is 2.17. The summed E-state index contributed by atoms with van der Waals surface area (Å²) in [6.45, 7) is 4.20. The summed E-state index contributed by atoms with van der Waals surface area (Å²) in [4.78, 5) is 14.0. The lowest BCUT2D eigenvalue weighted by atomic mass is 10.1. The van der Waals surface area contributed by atoms with Crippen molar-refractivity contribution in [2.45, 2.75) is 37.9 Å². The van der Waals surface area contributed by atoms with Crippen molar-refractivity contribution in [2.75, 3.05) is 0 Å². The third kappa shape index (κ3) is 2.92. The molecule has 78 valence electrons. The second-order valence-electron chi connectivity index (χ2n) is 3.24. The number of carbonyl (C=O) groups excluding carboxylic acids is 1. The Morgan fingerprint density at radius 1 is 1.50 bits per heavy atom.